The van der Waals surface area contributed by atoms with Gasteiger partial charge in [0.1, 0.15) is 10.6 Å². The van der Waals surface area contributed by atoms with E-state index in [4.69, 9.17) is 9.47 Å². The molecule has 1 aromatic carbocycles. The Balaban J connectivity index is 2.04. The Kier molecular flexibility index (Phi) is 5.83. The fraction of sp³-hybridized carbons (Fsp3) is 0.625. The quantitative estimate of drug-likeness (QED) is 0.871. The predicted molar refractivity (Wildman–Crippen MR) is 85.8 cm³/mol. The van der Waals surface area contributed by atoms with Crippen LogP contribution in [0.5, 0.6) is 5.75 Å². The molecule has 0 unspecified atom stereocenters. The zero-order chi connectivity index (χ0) is 16.2. The van der Waals surface area contributed by atoms with Crippen molar-refractivity contribution in [2.45, 2.75) is 38.0 Å². The van der Waals surface area contributed by atoms with Gasteiger partial charge < -0.3 is 9.47 Å². The van der Waals surface area contributed by atoms with E-state index in [2.05, 4.69) is 4.72 Å². The summed E-state index contributed by atoms with van der Waals surface area (Å²) in [5.41, 5.74) is 1.95. The lowest BCUT2D eigenvalue weighted by molar-refractivity contribution is 0.0644. The molecule has 1 N–H and O–H groups in total. The minimum atomic E-state index is -3.55. The minimum absolute atomic E-state index is 0.213. The van der Waals surface area contributed by atoms with Crippen LogP contribution in [-0.4, -0.2) is 35.3 Å². The Morgan fingerprint density at radius 2 is 1.86 bits per heavy atom. The average Bonchev–Trinajstić information content (AvgIpc) is 2.50. The van der Waals surface area contributed by atoms with Crippen molar-refractivity contribution in [3.05, 3.63) is 23.3 Å². The predicted octanol–water partition coefficient (Wildman–Crippen LogP) is 2.41. The summed E-state index contributed by atoms with van der Waals surface area (Å²) in [5.74, 6) is 0.930. The van der Waals surface area contributed by atoms with E-state index >= 15 is 0 Å². The lowest BCUT2D eigenvalue weighted by Gasteiger charge is -2.22. The SMILES string of the molecule is COc1cc(C)c(C)cc1S(=O)(=O)NCCC1CCOCC1. The van der Waals surface area contributed by atoms with Gasteiger partial charge in [0.15, 0.2) is 0 Å². The molecule has 1 saturated heterocycles. The normalized spacial score (nSPS) is 16.7. The topological polar surface area (TPSA) is 64.6 Å². The van der Waals surface area contributed by atoms with Gasteiger partial charge in [0.25, 0.3) is 0 Å². The molecule has 0 aromatic heterocycles. The zero-order valence-corrected chi connectivity index (χ0v) is 14.3. The molecule has 0 spiro atoms. The monoisotopic (exact) mass is 327 g/mol. The third-order valence-corrected chi connectivity index (χ3v) is 5.74. The molecule has 22 heavy (non-hydrogen) atoms. The van der Waals surface area contributed by atoms with Crippen LogP contribution in [0.2, 0.25) is 0 Å². The molecule has 2 rings (SSSR count). The number of rotatable bonds is 6. The average molecular weight is 327 g/mol. The molecule has 0 atom stereocenters. The Labute approximate surface area is 133 Å². The highest BCUT2D eigenvalue weighted by molar-refractivity contribution is 7.89. The second kappa shape index (κ2) is 7.44. The van der Waals surface area contributed by atoms with Crippen molar-refractivity contribution in [2.24, 2.45) is 5.92 Å². The number of benzene rings is 1. The second-order valence-corrected chi connectivity index (χ2v) is 7.56. The van der Waals surface area contributed by atoms with Crippen LogP contribution in [0.1, 0.15) is 30.4 Å². The van der Waals surface area contributed by atoms with Crippen LogP contribution in [-0.2, 0) is 14.8 Å². The van der Waals surface area contributed by atoms with Crippen molar-refractivity contribution >= 4 is 10.0 Å². The highest BCUT2D eigenvalue weighted by Crippen LogP contribution is 2.27. The van der Waals surface area contributed by atoms with Gasteiger partial charge in [-0.25, -0.2) is 13.1 Å². The largest absolute Gasteiger partial charge is 0.495 e. The van der Waals surface area contributed by atoms with Crippen LogP contribution in [0.15, 0.2) is 17.0 Å². The summed E-state index contributed by atoms with van der Waals surface area (Å²) in [4.78, 5) is 0.213. The molecular weight excluding hydrogens is 302 g/mol. The fourth-order valence-corrected chi connectivity index (χ4v) is 3.92. The molecule has 1 aliphatic rings. The van der Waals surface area contributed by atoms with Crippen molar-refractivity contribution in [2.75, 3.05) is 26.9 Å². The van der Waals surface area contributed by atoms with Gasteiger partial charge >= 0.3 is 0 Å². The molecule has 5 nitrogen and oxygen atoms in total. The third-order valence-electron chi connectivity index (χ3n) is 4.26. The number of aryl methyl sites for hydroxylation is 2. The summed E-state index contributed by atoms with van der Waals surface area (Å²) < 4.78 is 38.2. The van der Waals surface area contributed by atoms with E-state index in [0.717, 1.165) is 43.6 Å². The smallest absolute Gasteiger partial charge is 0.244 e. The van der Waals surface area contributed by atoms with Crippen molar-refractivity contribution in [3.63, 3.8) is 0 Å². The van der Waals surface area contributed by atoms with E-state index < -0.39 is 10.0 Å². The van der Waals surface area contributed by atoms with Crippen molar-refractivity contribution in [1.82, 2.24) is 4.72 Å². The van der Waals surface area contributed by atoms with Gasteiger partial charge in [-0.2, -0.15) is 0 Å². The zero-order valence-electron chi connectivity index (χ0n) is 13.5. The van der Waals surface area contributed by atoms with Crippen LogP contribution in [0, 0.1) is 19.8 Å². The lowest BCUT2D eigenvalue weighted by Crippen LogP contribution is -2.28. The number of hydrogen-bond acceptors (Lipinski definition) is 4. The third kappa shape index (κ3) is 4.21. The summed E-state index contributed by atoms with van der Waals surface area (Å²) in [6, 6.07) is 3.44. The molecular formula is C16H25NO4S. The Morgan fingerprint density at radius 3 is 2.50 bits per heavy atom. The Bertz CT molecular complexity index is 607. The van der Waals surface area contributed by atoms with E-state index in [1.54, 1.807) is 12.1 Å². The van der Waals surface area contributed by atoms with Crippen molar-refractivity contribution < 1.29 is 17.9 Å². The molecule has 0 saturated carbocycles. The second-order valence-electron chi connectivity index (χ2n) is 5.83. The molecule has 1 fully saturated rings. The summed E-state index contributed by atoms with van der Waals surface area (Å²) in [7, 11) is -2.06. The van der Waals surface area contributed by atoms with Gasteiger partial charge in [0, 0.05) is 19.8 Å². The number of sulfonamides is 1. The Hall–Kier alpha value is -1.11. The molecule has 6 heteroatoms. The van der Waals surface area contributed by atoms with E-state index in [9.17, 15) is 8.42 Å². The van der Waals surface area contributed by atoms with Gasteiger partial charge in [-0.3, -0.25) is 0 Å². The van der Waals surface area contributed by atoms with Crippen LogP contribution in [0.4, 0.5) is 0 Å². The minimum Gasteiger partial charge on any atom is -0.495 e. The van der Waals surface area contributed by atoms with E-state index in [1.807, 2.05) is 13.8 Å². The Morgan fingerprint density at radius 1 is 1.23 bits per heavy atom. The molecule has 1 heterocycles. The highest BCUT2D eigenvalue weighted by atomic mass is 32.2. The van der Waals surface area contributed by atoms with Gasteiger partial charge in [0.05, 0.1) is 7.11 Å². The van der Waals surface area contributed by atoms with E-state index in [-0.39, 0.29) is 4.90 Å². The molecule has 0 amide bonds. The molecule has 124 valence electrons. The van der Waals surface area contributed by atoms with Gasteiger partial charge in [-0.1, -0.05) is 0 Å². The number of nitrogens with one attached hydrogen (secondary N) is 1. The maximum absolute atomic E-state index is 12.5. The summed E-state index contributed by atoms with van der Waals surface area (Å²) >= 11 is 0. The molecule has 1 aliphatic heterocycles. The maximum Gasteiger partial charge on any atom is 0.244 e. The van der Waals surface area contributed by atoms with Crippen molar-refractivity contribution in [3.8, 4) is 5.75 Å². The first kappa shape index (κ1) is 17.2. The highest BCUT2D eigenvalue weighted by Gasteiger charge is 2.21. The van der Waals surface area contributed by atoms with Gasteiger partial charge in [-0.05, 0) is 62.3 Å². The van der Waals surface area contributed by atoms with Crippen LogP contribution in [0.3, 0.4) is 0 Å². The standard InChI is InChI=1S/C16H25NO4S/c1-12-10-15(20-3)16(11-13(12)2)22(18,19)17-7-4-14-5-8-21-9-6-14/h10-11,14,17H,4-9H2,1-3H3. The van der Waals surface area contributed by atoms with Crippen molar-refractivity contribution in [1.29, 1.82) is 0 Å². The number of hydrogen-bond donors (Lipinski definition) is 1. The van der Waals surface area contributed by atoms with Crippen LogP contribution < -0.4 is 9.46 Å². The number of ether oxygens (including phenoxy) is 2. The van der Waals surface area contributed by atoms with Gasteiger partial charge in [0.2, 0.25) is 10.0 Å². The number of methoxy groups -OCH3 is 1. The van der Waals surface area contributed by atoms with Gasteiger partial charge in [-0.15, -0.1) is 0 Å². The molecule has 0 bridgehead atoms. The van der Waals surface area contributed by atoms with E-state index in [1.165, 1.54) is 7.11 Å². The first-order chi connectivity index (χ1) is 10.4. The first-order valence-electron chi connectivity index (χ1n) is 7.66. The summed E-state index contributed by atoms with van der Waals surface area (Å²) in [5, 5.41) is 0. The first-order valence-corrected chi connectivity index (χ1v) is 9.15. The maximum atomic E-state index is 12.5. The molecule has 0 aliphatic carbocycles. The van der Waals surface area contributed by atoms with E-state index in [0.29, 0.717) is 18.2 Å². The lowest BCUT2D eigenvalue weighted by atomic mass is 9.97. The molecule has 1 aromatic rings. The van der Waals surface area contributed by atoms with Crippen LogP contribution >= 0.6 is 0 Å². The van der Waals surface area contributed by atoms with Crippen LogP contribution in [0.25, 0.3) is 0 Å². The summed E-state index contributed by atoms with van der Waals surface area (Å²) in [6.45, 7) is 5.84. The molecule has 0 radical (unpaired) electrons. The summed E-state index contributed by atoms with van der Waals surface area (Å²) in [6.07, 6.45) is 2.86. The fourth-order valence-electron chi connectivity index (χ4n) is 2.64.